The number of fused-ring (bicyclic) bond motifs is 1. The van der Waals surface area contributed by atoms with Crippen molar-refractivity contribution in [3.05, 3.63) is 41.5 Å². The van der Waals surface area contributed by atoms with Gasteiger partial charge in [-0.2, -0.15) is 0 Å². The molecular formula is C17H24O2. The Labute approximate surface area is 116 Å². The van der Waals surface area contributed by atoms with Gasteiger partial charge in [-0.1, -0.05) is 45.5 Å². The molecule has 1 aliphatic rings. The first-order valence-electron chi connectivity index (χ1n) is 6.71. The molecule has 0 bridgehead atoms. The van der Waals surface area contributed by atoms with Crippen LogP contribution in [0.5, 0.6) is 0 Å². The van der Waals surface area contributed by atoms with Crippen LogP contribution >= 0.6 is 0 Å². The monoisotopic (exact) mass is 260 g/mol. The summed E-state index contributed by atoms with van der Waals surface area (Å²) < 4.78 is 5.66. The smallest absolute Gasteiger partial charge is 0.163 e. The first-order chi connectivity index (χ1) is 8.74. The van der Waals surface area contributed by atoms with E-state index >= 15 is 0 Å². The van der Waals surface area contributed by atoms with Crippen molar-refractivity contribution in [2.45, 2.75) is 46.5 Å². The molecule has 0 fully saturated rings. The van der Waals surface area contributed by atoms with Crippen molar-refractivity contribution in [2.75, 3.05) is 6.61 Å². The number of hydrogen-bond acceptors (Lipinski definition) is 2. The Morgan fingerprint density at radius 2 is 2.16 bits per heavy atom. The normalized spacial score (nSPS) is 13.4. The maximum Gasteiger partial charge on any atom is 0.163 e. The SMILES string of the molecule is C.C=C(OCCCC)c1cccc2c1CCCC2=O. The van der Waals surface area contributed by atoms with E-state index in [9.17, 15) is 4.79 Å². The zero-order valence-electron chi connectivity index (χ0n) is 11.0. The molecule has 2 nitrogen and oxygen atoms in total. The quantitative estimate of drug-likeness (QED) is 0.570. The summed E-state index contributed by atoms with van der Waals surface area (Å²) >= 11 is 0. The van der Waals surface area contributed by atoms with Gasteiger partial charge in [0.15, 0.2) is 5.78 Å². The largest absolute Gasteiger partial charge is 0.494 e. The van der Waals surface area contributed by atoms with Gasteiger partial charge in [0.1, 0.15) is 5.76 Å². The number of ether oxygens (including phenoxy) is 1. The Morgan fingerprint density at radius 3 is 2.89 bits per heavy atom. The second kappa shape index (κ2) is 7.13. The van der Waals surface area contributed by atoms with E-state index in [0.717, 1.165) is 42.4 Å². The second-order valence-corrected chi connectivity index (χ2v) is 4.73. The van der Waals surface area contributed by atoms with E-state index in [1.54, 1.807) is 0 Å². The third kappa shape index (κ3) is 3.46. The molecule has 19 heavy (non-hydrogen) atoms. The minimum absolute atomic E-state index is 0. The van der Waals surface area contributed by atoms with Gasteiger partial charge in [-0.3, -0.25) is 4.79 Å². The van der Waals surface area contributed by atoms with Gasteiger partial charge in [0.25, 0.3) is 0 Å². The average Bonchev–Trinajstić information content (AvgIpc) is 2.39. The molecule has 0 heterocycles. The zero-order valence-corrected chi connectivity index (χ0v) is 11.0. The summed E-state index contributed by atoms with van der Waals surface area (Å²) in [7, 11) is 0. The molecule has 0 atom stereocenters. The van der Waals surface area contributed by atoms with E-state index < -0.39 is 0 Å². The molecule has 0 saturated carbocycles. The van der Waals surface area contributed by atoms with Crippen LogP contribution in [0.3, 0.4) is 0 Å². The van der Waals surface area contributed by atoms with Crippen LogP contribution < -0.4 is 0 Å². The van der Waals surface area contributed by atoms with Crippen molar-refractivity contribution < 1.29 is 9.53 Å². The summed E-state index contributed by atoms with van der Waals surface area (Å²) in [4.78, 5) is 11.9. The van der Waals surface area contributed by atoms with E-state index in [-0.39, 0.29) is 13.2 Å². The summed E-state index contributed by atoms with van der Waals surface area (Å²) in [5, 5.41) is 0. The lowest BCUT2D eigenvalue weighted by molar-refractivity contribution is 0.0972. The van der Waals surface area contributed by atoms with Crippen LogP contribution in [-0.2, 0) is 11.2 Å². The standard InChI is InChI=1S/C16H20O2.CH4/c1-3-4-11-18-12(2)13-7-5-9-15-14(13)8-6-10-16(15)17;/h5,7,9H,2-4,6,8,10-11H2,1H3;1H4. The van der Waals surface area contributed by atoms with Gasteiger partial charge in [0, 0.05) is 17.5 Å². The van der Waals surface area contributed by atoms with Crippen molar-refractivity contribution in [2.24, 2.45) is 0 Å². The molecule has 1 aromatic rings. The van der Waals surface area contributed by atoms with Crippen molar-refractivity contribution in [3.63, 3.8) is 0 Å². The van der Waals surface area contributed by atoms with Crippen molar-refractivity contribution in [1.29, 1.82) is 0 Å². The predicted molar refractivity (Wildman–Crippen MR) is 80.3 cm³/mol. The first-order valence-corrected chi connectivity index (χ1v) is 6.71. The number of ketones is 1. The van der Waals surface area contributed by atoms with Gasteiger partial charge >= 0.3 is 0 Å². The van der Waals surface area contributed by atoms with Gasteiger partial charge < -0.3 is 4.74 Å². The van der Waals surface area contributed by atoms with E-state index in [4.69, 9.17) is 4.74 Å². The van der Waals surface area contributed by atoms with Gasteiger partial charge in [-0.15, -0.1) is 0 Å². The minimum Gasteiger partial charge on any atom is -0.494 e. The first kappa shape index (κ1) is 15.5. The van der Waals surface area contributed by atoms with E-state index in [1.807, 2.05) is 18.2 Å². The van der Waals surface area contributed by atoms with Crippen LogP contribution in [0.2, 0.25) is 0 Å². The van der Waals surface area contributed by atoms with Crippen LogP contribution in [-0.4, -0.2) is 12.4 Å². The third-order valence-corrected chi connectivity index (χ3v) is 3.38. The molecule has 0 amide bonds. The molecule has 2 heteroatoms. The Kier molecular flexibility index (Phi) is 5.81. The molecule has 0 aliphatic heterocycles. The molecule has 1 aromatic carbocycles. The highest BCUT2D eigenvalue weighted by Gasteiger charge is 2.20. The van der Waals surface area contributed by atoms with Crippen molar-refractivity contribution in [1.82, 2.24) is 0 Å². The fourth-order valence-corrected chi connectivity index (χ4v) is 2.36. The van der Waals surface area contributed by atoms with Gasteiger partial charge in [0.05, 0.1) is 6.61 Å². The molecule has 0 unspecified atom stereocenters. The molecule has 0 saturated heterocycles. The van der Waals surface area contributed by atoms with Crippen LogP contribution in [0.4, 0.5) is 0 Å². The summed E-state index contributed by atoms with van der Waals surface area (Å²) in [6.45, 7) is 6.83. The van der Waals surface area contributed by atoms with E-state index in [2.05, 4.69) is 13.5 Å². The molecule has 0 N–H and O–H groups in total. The van der Waals surface area contributed by atoms with Gasteiger partial charge in [-0.25, -0.2) is 0 Å². The van der Waals surface area contributed by atoms with Crippen molar-refractivity contribution in [3.8, 4) is 0 Å². The van der Waals surface area contributed by atoms with Gasteiger partial charge in [0.2, 0.25) is 0 Å². The number of Topliss-reactive ketones (excluding diaryl/α,β-unsaturated/α-hetero) is 1. The number of carbonyl (C=O) groups is 1. The molecule has 0 radical (unpaired) electrons. The van der Waals surface area contributed by atoms with Crippen molar-refractivity contribution >= 4 is 11.5 Å². The van der Waals surface area contributed by atoms with E-state index in [0.29, 0.717) is 18.8 Å². The second-order valence-electron chi connectivity index (χ2n) is 4.73. The summed E-state index contributed by atoms with van der Waals surface area (Å²) in [6.07, 6.45) is 4.70. The fourth-order valence-electron chi connectivity index (χ4n) is 2.36. The van der Waals surface area contributed by atoms with Crippen LogP contribution in [0.15, 0.2) is 24.8 Å². The molecular weight excluding hydrogens is 236 g/mol. The third-order valence-electron chi connectivity index (χ3n) is 3.38. The lowest BCUT2D eigenvalue weighted by atomic mass is 9.87. The average molecular weight is 260 g/mol. The number of benzene rings is 1. The minimum atomic E-state index is 0. The zero-order chi connectivity index (χ0) is 13.0. The number of unbranched alkanes of at least 4 members (excludes halogenated alkanes) is 1. The Morgan fingerprint density at radius 1 is 1.37 bits per heavy atom. The highest BCUT2D eigenvalue weighted by molar-refractivity contribution is 5.99. The molecule has 2 rings (SSSR count). The predicted octanol–water partition coefficient (Wildman–Crippen LogP) is 4.63. The highest BCUT2D eigenvalue weighted by Crippen LogP contribution is 2.28. The number of carbonyl (C=O) groups excluding carboxylic acids is 1. The highest BCUT2D eigenvalue weighted by atomic mass is 16.5. The Balaban J connectivity index is 0.00000180. The molecule has 104 valence electrons. The maximum atomic E-state index is 11.9. The Bertz CT molecular complexity index is 460. The topological polar surface area (TPSA) is 26.3 Å². The molecule has 0 aromatic heterocycles. The van der Waals surface area contributed by atoms with E-state index in [1.165, 1.54) is 0 Å². The lowest BCUT2D eigenvalue weighted by Gasteiger charge is -2.19. The fraction of sp³-hybridized carbons (Fsp3) is 0.471. The molecule has 0 spiro atoms. The Hall–Kier alpha value is -1.57. The summed E-state index contributed by atoms with van der Waals surface area (Å²) in [5.74, 6) is 0.953. The number of rotatable bonds is 5. The van der Waals surface area contributed by atoms with Crippen LogP contribution in [0.25, 0.3) is 5.76 Å². The number of hydrogen-bond donors (Lipinski definition) is 0. The van der Waals surface area contributed by atoms with Gasteiger partial charge in [-0.05, 0) is 24.8 Å². The van der Waals surface area contributed by atoms with Crippen LogP contribution in [0, 0.1) is 0 Å². The maximum absolute atomic E-state index is 11.9. The summed E-state index contributed by atoms with van der Waals surface area (Å²) in [6, 6.07) is 5.84. The summed E-state index contributed by atoms with van der Waals surface area (Å²) in [5.41, 5.74) is 2.99. The van der Waals surface area contributed by atoms with Crippen LogP contribution in [0.1, 0.15) is 61.5 Å². The molecule has 1 aliphatic carbocycles. The lowest BCUT2D eigenvalue weighted by Crippen LogP contribution is -2.13.